The van der Waals surface area contributed by atoms with Gasteiger partial charge in [-0.2, -0.15) is 0 Å². The summed E-state index contributed by atoms with van der Waals surface area (Å²) in [6.45, 7) is -0.401. The smallest absolute Gasteiger partial charge is 0.326 e. The van der Waals surface area contributed by atoms with Crippen molar-refractivity contribution in [1.29, 1.82) is 0 Å². The zero-order chi connectivity index (χ0) is 12.2. The molecule has 5 nitrogen and oxygen atoms in total. The van der Waals surface area contributed by atoms with Gasteiger partial charge in [0, 0.05) is 5.02 Å². The zero-order valence-corrected chi connectivity index (χ0v) is 10.0. The van der Waals surface area contributed by atoms with Crippen molar-refractivity contribution in [1.82, 2.24) is 4.72 Å². The normalized spacial score (nSPS) is 11.1. The molecule has 1 rings (SSSR count). The van der Waals surface area contributed by atoms with Crippen LogP contribution in [-0.4, -0.2) is 27.2 Å². The van der Waals surface area contributed by atoms with Crippen LogP contribution >= 0.6 is 11.6 Å². The summed E-state index contributed by atoms with van der Waals surface area (Å²) < 4.78 is 28.3. The van der Waals surface area contributed by atoms with Gasteiger partial charge in [-0.3, -0.25) is 4.79 Å². The predicted molar refractivity (Wildman–Crippen MR) is 59.9 cm³/mol. The maximum absolute atomic E-state index is 11.2. The van der Waals surface area contributed by atoms with E-state index in [1.165, 1.54) is 12.1 Å². The number of carbonyl (C=O) groups is 1. The lowest BCUT2D eigenvalue weighted by atomic mass is 10.3. The van der Waals surface area contributed by atoms with E-state index in [1.807, 2.05) is 4.72 Å². The Morgan fingerprint density at radius 1 is 1.38 bits per heavy atom. The molecule has 0 aliphatic carbocycles. The van der Waals surface area contributed by atoms with Gasteiger partial charge in [0.05, 0.1) is 6.26 Å². The molecule has 0 saturated carbocycles. The second-order valence-corrected chi connectivity index (χ2v) is 5.29. The average Bonchev–Trinajstić information content (AvgIpc) is 2.18. The van der Waals surface area contributed by atoms with Gasteiger partial charge in [0.2, 0.25) is 10.0 Å². The van der Waals surface area contributed by atoms with Crippen LogP contribution in [0.4, 0.5) is 0 Å². The number of halogens is 1. The highest BCUT2D eigenvalue weighted by molar-refractivity contribution is 7.88. The first-order valence-corrected chi connectivity index (χ1v) is 6.54. The molecule has 0 aliphatic rings. The highest BCUT2D eigenvalue weighted by Gasteiger charge is 2.08. The van der Waals surface area contributed by atoms with Gasteiger partial charge in [-0.25, -0.2) is 13.1 Å². The number of ether oxygens (including phenoxy) is 1. The minimum Gasteiger partial charge on any atom is -0.426 e. The Morgan fingerprint density at radius 2 is 1.94 bits per heavy atom. The van der Waals surface area contributed by atoms with Crippen molar-refractivity contribution in [2.45, 2.75) is 0 Å². The number of carbonyl (C=O) groups excluding carboxylic acids is 1. The fourth-order valence-electron chi connectivity index (χ4n) is 0.860. The van der Waals surface area contributed by atoms with Crippen molar-refractivity contribution in [3.05, 3.63) is 29.3 Å². The Balaban J connectivity index is 2.49. The number of benzene rings is 1. The number of esters is 1. The van der Waals surface area contributed by atoms with Crippen molar-refractivity contribution in [2.75, 3.05) is 12.8 Å². The lowest BCUT2D eigenvalue weighted by Crippen LogP contribution is -2.30. The largest absolute Gasteiger partial charge is 0.426 e. The highest BCUT2D eigenvalue weighted by Crippen LogP contribution is 2.15. The number of hydrogen-bond acceptors (Lipinski definition) is 4. The van der Waals surface area contributed by atoms with E-state index in [2.05, 4.69) is 0 Å². The van der Waals surface area contributed by atoms with Crippen LogP contribution in [0.5, 0.6) is 5.75 Å². The van der Waals surface area contributed by atoms with Gasteiger partial charge < -0.3 is 4.74 Å². The molecule has 0 fully saturated rings. The minimum atomic E-state index is -3.39. The Bertz CT molecular complexity index is 469. The van der Waals surface area contributed by atoms with Crippen molar-refractivity contribution in [3.8, 4) is 5.75 Å². The highest BCUT2D eigenvalue weighted by atomic mass is 35.5. The van der Waals surface area contributed by atoms with Gasteiger partial charge in [0.15, 0.2) is 0 Å². The van der Waals surface area contributed by atoms with Crippen LogP contribution in [0, 0.1) is 0 Å². The van der Waals surface area contributed by atoms with Crippen LogP contribution in [0.3, 0.4) is 0 Å². The van der Waals surface area contributed by atoms with Crippen LogP contribution in [-0.2, 0) is 14.8 Å². The van der Waals surface area contributed by atoms with Gasteiger partial charge in [0.25, 0.3) is 0 Å². The van der Waals surface area contributed by atoms with Crippen LogP contribution < -0.4 is 9.46 Å². The molecule has 0 radical (unpaired) electrons. The van der Waals surface area contributed by atoms with Gasteiger partial charge in [-0.05, 0) is 24.3 Å². The number of rotatable bonds is 4. The number of sulfonamides is 1. The first-order valence-electron chi connectivity index (χ1n) is 4.28. The van der Waals surface area contributed by atoms with E-state index in [0.29, 0.717) is 10.8 Å². The summed E-state index contributed by atoms with van der Waals surface area (Å²) in [7, 11) is -3.39. The molecule has 0 aromatic heterocycles. The topological polar surface area (TPSA) is 72.5 Å². The molecular formula is C9H10ClNO4S. The van der Waals surface area contributed by atoms with Gasteiger partial charge in [-0.15, -0.1) is 0 Å². The van der Waals surface area contributed by atoms with Crippen LogP contribution in [0.1, 0.15) is 0 Å². The third-order valence-electron chi connectivity index (χ3n) is 1.52. The van der Waals surface area contributed by atoms with Crippen molar-refractivity contribution in [3.63, 3.8) is 0 Å². The van der Waals surface area contributed by atoms with E-state index >= 15 is 0 Å². The van der Waals surface area contributed by atoms with E-state index < -0.39 is 22.5 Å². The molecule has 0 bridgehead atoms. The Kier molecular flexibility index (Phi) is 4.28. The minimum absolute atomic E-state index is 0.310. The van der Waals surface area contributed by atoms with Crippen molar-refractivity contribution >= 4 is 27.6 Å². The fraction of sp³-hybridized carbons (Fsp3) is 0.222. The molecule has 16 heavy (non-hydrogen) atoms. The zero-order valence-electron chi connectivity index (χ0n) is 8.44. The summed E-state index contributed by atoms with van der Waals surface area (Å²) >= 11 is 5.64. The van der Waals surface area contributed by atoms with E-state index in [9.17, 15) is 13.2 Å². The monoisotopic (exact) mass is 263 g/mol. The van der Waals surface area contributed by atoms with Gasteiger partial charge >= 0.3 is 5.97 Å². The summed E-state index contributed by atoms with van der Waals surface area (Å²) in [5.74, 6) is -0.377. The second-order valence-electron chi connectivity index (χ2n) is 3.02. The molecular weight excluding hydrogens is 254 g/mol. The maximum Gasteiger partial charge on any atom is 0.326 e. The van der Waals surface area contributed by atoms with E-state index in [1.54, 1.807) is 12.1 Å². The quantitative estimate of drug-likeness (QED) is 0.644. The van der Waals surface area contributed by atoms with Crippen molar-refractivity contribution < 1.29 is 17.9 Å². The molecule has 1 N–H and O–H groups in total. The molecule has 0 spiro atoms. The van der Waals surface area contributed by atoms with E-state index in [4.69, 9.17) is 16.3 Å². The third-order valence-corrected chi connectivity index (χ3v) is 2.44. The Hall–Kier alpha value is -1.11. The number of hydrogen-bond donors (Lipinski definition) is 1. The molecule has 0 unspecified atom stereocenters. The summed E-state index contributed by atoms with van der Waals surface area (Å²) in [5, 5.41) is 0.522. The SMILES string of the molecule is CS(=O)(=O)NCC(=O)Oc1ccc(Cl)cc1. The number of nitrogens with one attached hydrogen (secondary N) is 1. The molecule has 88 valence electrons. The van der Waals surface area contributed by atoms with Gasteiger partial charge in [0.1, 0.15) is 12.3 Å². The fourth-order valence-corrected chi connectivity index (χ4v) is 1.37. The van der Waals surface area contributed by atoms with Crippen LogP contribution in [0.15, 0.2) is 24.3 Å². The predicted octanol–water partition coefficient (Wildman–Crippen LogP) is 0.795. The lowest BCUT2D eigenvalue weighted by molar-refractivity contribution is -0.133. The van der Waals surface area contributed by atoms with Crippen LogP contribution in [0.25, 0.3) is 0 Å². The summed E-state index contributed by atoms with van der Waals surface area (Å²) in [5.41, 5.74) is 0. The third kappa shape index (κ3) is 5.11. The molecule has 1 aromatic carbocycles. The first-order chi connectivity index (χ1) is 7.37. The molecule has 0 aliphatic heterocycles. The summed E-state index contributed by atoms with van der Waals surface area (Å²) in [6.07, 6.45) is 0.961. The van der Waals surface area contributed by atoms with E-state index in [0.717, 1.165) is 6.26 Å². The lowest BCUT2D eigenvalue weighted by Gasteiger charge is -2.04. The van der Waals surface area contributed by atoms with Gasteiger partial charge in [-0.1, -0.05) is 11.6 Å². The van der Waals surface area contributed by atoms with E-state index in [-0.39, 0.29) is 0 Å². The molecule has 0 amide bonds. The maximum atomic E-state index is 11.2. The second kappa shape index (κ2) is 5.29. The molecule has 0 heterocycles. The Labute approximate surface area is 98.4 Å². The molecule has 0 atom stereocenters. The molecule has 1 aromatic rings. The summed E-state index contributed by atoms with van der Waals surface area (Å²) in [4.78, 5) is 11.2. The standard InChI is InChI=1S/C9H10ClNO4S/c1-16(13,14)11-6-9(12)15-8-4-2-7(10)3-5-8/h2-5,11H,6H2,1H3. The molecule has 7 heteroatoms. The summed E-state index contributed by atoms with van der Waals surface area (Å²) in [6, 6.07) is 6.16. The van der Waals surface area contributed by atoms with Crippen LogP contribution in [0.2, 0.25) is 5.02 Å². The average molecular weight is 264 g/mol. The Morgan fingerprint density at radius 3 is 2.44 bits per heavy atom. The molecule has 0 saturated heterocycles. The van der Waals surface area contributed by atoms with Crippen molar-refractivity contribution in [2.24, 2.45) is 0 Å². The first kappa shape index (κ1) is 13.0.